The highest BCUT2D eigenvalue weighted by Crippen LogP contribution is 2.24. The molecule has 28 heavy (non-hydrogen) atoms. The molecular formula is C23H15N3O2. The first-order chi connectivity index (χ1) is 13.7. The van der Waals surface area contributed by atoms with E-state index in [9.17, 15) is 9.90 Å². The van der Waals surface area contributed by atoms with E-state index in [-0.39, 0.29) is 5.56 Å². The zero-order valence-corrected chi connectivity index (χ0v) is 14.8. The van der Waals surface area contributed by atoms with Crippen LogP contribution >= 0.6 is 0 Å². The number of hydrogen-bond acceptors (Lipinski definition) is 3. The summed E-state index contributed by atoms with van der Waals surface area (Å²) >= 11 is 0. The van der Waals surface area contributed by atoms with Gasteiger partial charge in [-0.05, 0) is 30.2 Å². The number of carboxylic acids is 1. The number of para-hydroxylation sites is 1. The van der Waals surface area contributed by atoms with Crippen LogP contribution in [0.4, 0.5) is 0 Å². The first kappa shape index (κ1) is 17.3. The van der Waals surface area contributed by atoms with Crippen LogP contribution in [-0.2, 0) is 0 Å². The van der Waals surface area contributed by atoms with Gasteiger partial charge in [0.15, 0.2) is 0 Å². The van der Waals surface area contributed by atoms with E-state index < -0.39 is 5.97 Å². The number of aromatic nitrogens is 3. The molecule has 5 heteroatoms. The Balaban J connectivity index is 1.93. The summed E-state index contributed by atoms with van der Waals surface area (Å²) < 4.78 is 1.49. The zero-order valence-electron chi connectivity index (χ0n) is 14.8. The van der Waals surface area contributed by atoms with Crippen LogP contribution in [-0.4, -0.2) is 26.1 Å². The smallest absolute Gasteiger partial charge is 0.337 e. The summed E-state index contributed by atoms with van der Waals surface area (Å²) in [4.78, 5) is 11.7. The largest absolute Gasteiger partial charge is 0.478 e. The predicted octanol–water partition coefficient (Wildman–Crippen LogP) is 4.03. The number of benzene rings is 3. The van der Waals surface area contributed by atoms with Gasteiger partial charge in [-0.25, -0.2) is 9.48 Å². The molecule has 1 aromatic heterocycles. The molecule has 0 saturated carbocycles. The second-order valence-corrected chi connectivity index (χ2v) is 6.00. The molecule has 0 saturated heterocycles. The standard InChI is InChI=1S/C23H15N3O2/c27-23(28)19-13-7-8-14-20(19)26-21(16-15-17-9-3-1-4-10-17)22(24-25-26)18-11-5-2-6-12-18/h1-14H,(H,27,28). The molecule has 0 radical (unpaired) electrons. The minimum absolute atomic E-state index is 0.134. The highest BCUT2D eigenvalue weighted by atomic mass is 16.4. The van der Waals surface area contributed by atoms with E-state index in [1.807, 2.05) is 60.7 Å². The molecule has 1 N–H and O–H groups in total. The summed E-state index contributed by atoms with van der Waals surface area (Å²) in [5, 5.41) is 18.1. The maximum absolute atomic E-state index is 11.7. The van der Waals surface area contributed by atoms with Crippen molar-refractivity contribution >= 4 is 5.97 Å². The molecule has 0 atom stereocenters. The van der Waals surface area contributed by atoms with Crippen molar-refractivity contribution in [1.82, 2.24) is 15.0 Å². The lowest BCUT2D eigenvalue weighted by Gasteiger charge is -2.07. The highest BCUT2D eigenvalue weighted by molar-refractivity contribution is 5.92. The number of nitrogens with zero attached hydrogens (tertiary/aromatic N) is 3. The molecule has 0 amide bonds. The number of rotatable bonds is 3. The molecule has 0 fully saturated rings. The maximum atomic E-state index is 11.7. The normalized spacial score (nSPS) is 10.1. The Morgan fingerprint density at radius 2 is 1.46 bits per heavy atom. The van der Waals surface area contributed by atoms with E-state index in [0.717, 1.165) is 11.1 Å². The van der Waals surface area contributed by atoms with E-state index in [0.29, 0.717) is 17.1 Å². The average Bonchev–Trinajstić information content (AvgIpc) is 3.17. The van der Waals surface area contributed by atoms with E-state index >= 15 is 0 Å². The van der Waals surface area contributed by atoms with Crippen LogP contribution in [0.1, 0.15) is 21.6 Å². The van der Waals surface area contributed by atoms with Crippen LogP contribution in [0.15, 0.2) is 84.9 Å². The summed E-state index contributed by atoms with van der Waals surface area (Å²) in [5.41, 5.74) is 3.39. The molecule has 0 aliphatic heterocycles. The Morgan fingerprint density at radius 1 is 0.821 bits per heavy atom. The van der Waals surface area contributed by atoms with Gasteiger partial charge >= 0.3 is 5.97 Å². The van der Waals surface area contributed by atoms with Crippen molar-refractivity contribution in [2.24, 2.45) is 0 Å². The van der Waals surface area contributed by atoms with Crippen LogP contribution in [0.5, 0.6) is 0 Å². The molecule has 1 heterocycles. The molecule has 134 valence electrons. The third-order valence-corrected chi connectivity index (χ3v) is 4.18. The summed E-state index contributed by atoms with van der Waals surface area (Å²) in [7, 11) is 0. The minimum atomic E-state index is -1.03. The van der Waals surface area contributed by atoms with E-state index in [4.69, 9.17) is 0 Å². The molecule has 0 unspecified atom stereocenters. The van der Waals surface area contributed by atoms with E-state index in [1.54, 1.807) is 18.2 Å². The van der Waals surface area contributed by atoms with Gasteiger partial charge in [0.25, 0.3) is 0 Å². The average molecular weight is 365 g/mol. The summed E-state index contributed by atoms with van der Waals surface area (Å²) in [6, 6.07) is 25.8. The Morgan fingerprint density at radius 3 is 2.18 bits per heavy atom. The lowest BCUT2D eigenvalue weighted by atomic mass is 10.1. The molecular weight excluding hydrogens is 350 g/mol. The van der Waals surface area contributed by atoms with Crippen LogP contribution in [0.2, 0.25) is 0 Å². The van der Waals surface area contributed by atoms with Crippen LogP contribution in [0, 0.1) is 11.8 Å². The predicted molar refractivity (Wildman–Crippen MR) is 106 cm³/mol. The molecule has 3 aromatic carbocycles. The van der Waals surface area contributed by atoms with Gasteiger partial charge in [0.2, 0.25) is 0 Å². The molecule has 4 aromatic rings. The molecule has 0 aliphatic carbocycles. The third-order valence-electron chi connectivity index (χ3n) is 4.18. The second kappa shape index (κ2) is 7.60. The van der Waals surface area contributed by atoms with E-state index in [2.05, 4.69) is 22.2 Å². The van der Waals surface area contributed by atoms with Crippen molar-refractivity contribution < 1.29 is 9.90 Å². The van der Waals surface area contributed by atoms with Crippen molar-refractivity contribution in [2.75, 3.05) is 0 Å². The minimum Gasteiger partial charge on any atom is -0.478 e. The number of aromatic carboxylic acids is 1. The number of carboxylic acid groups (broad SMARTS) is 1. The monoisotopic (exact) mass is 365 g/mol. The second-order valence-electron chi connectivity index (χ2n) is 6.00. The molecule has 0 bridgehead atoms. The SMILES string of the molecule is O=C(O)c1ccccc1-n1nnc(-c2ccccc2)c1C#Cc1ccccc1. The van der Waals surface area contributed by atoms with Gasteiger partial charge in [-0.3, -0.25) is 0 Å². The first-order valence-corrected chi connectivity index (χ1v) is 8.65. The summed E-state index contributed by atoms with van der Waals surface area (Å²) in [6.07, 6.45) is 0. The van der Waals surface area contributed by atoms with Gasteiger partial charge < -0.3 is 5.11 Å². The van der Waals surface area contributed by atoms with Crippen molar-refractivity contribution in [3.63, 3.8) is 0 Å². The van der Waals surface area contributed by atoms with Gasteiger partial charge in [-0.1, -0.05) is 71.8 Å². The first-order valence-electron chi connectivity index (χ1n) is 8.65. The lowest BCUT2D eigenvalue weighted by Crippen LogP contribution is -2.08. The maximum Gasteiger partial charge on any atom is 0.337 e. The lowest BCUT2D eigenvalue weighted by molar-refractivity contribution is 0.0696. The quantitative estimate of drug-likeness (QED) is 0.557. The molecule has 5 nitrogen and oxygen atoms in total. The van der Waals surface area contributed by atoms with Gasteiger partial charge in [-0.15, -0.1) is 5.10 Å². The molecule has 4 rings (SSSR count). The summed E-state index contributed by atoms with van der Waals surface area (Å²) in [5.74, 6) is 5.22. The fourth-order valence-electron chi connectivity index (χ4n) is 2.85. The summed E-state index contributed by atoms with van der Waals surface area (Å²) in [6.45, 7) is 0. The van der Waals surface area contributed by atoms with Crippen LogP contribution in [0.3, 0.4) is 0 Å². The van der Waals surface area contributed by atoms with Gasteiger partial charge in [0.05, 0.1) is 11.3 Å². The Bertz CT molecular complexity index is 1190. The topological polar surface area (TPSA) is 68.0 Å². The van der Waals surface area contributed by atoms with Gasteiger partial charge in [0.1, 0.15) is 11.4 Å². The van der Waals surface area contributed by atoms with Crippen molar-refractivity contribution in [1.29, 1.82) is 0 Å². The van der Waals surface area contributed by atoms with Crippen LogP contribution in [0.25, 0.3) is 16.9 Å². The van der Waals surface area contributed by atoms with Gasteiger partial charge in [0, 0.05) is 11.1 Å². The number of carbonyl (C=O) groups is 1. The number of hydrogen-bond donors (Lipinski definition) is 1. The Labute approximate surface area is 161 Å². The zero-order chi connectivity index (χ0) is 19.3. The van der Waals surface area contributed by atoms with Gasteiger partial charge in [-0.2, -0.15) is 0 Å². The third kappa shape index (κ3) is 3.39. The highest BCUT2D eigenvalue weighted by Gasteiger charge is 2.18. The Hall–Kier alpha value is -4.17. The van der Waals surface area contributed by atoms with Crippen molar-refractivity contribution in [2.45, 2.75) is 0 Å². The fraction of sp³-hybridized carbons (Fsp3) is 0. The van der Waals surface area contributed by atoms with Crippen LogP contribution < -0.4 is 0 Å². The fourth-order valence-corrected chi connectivity index (χ4v) is 2.85. The Kier molecular flexibility index (Phi) is 4.68. The van der Waals surface area contributed by atoms with Crippen molar-refractivity contribution in [3.05, 3.63) is 102 Å². The van der Waals surface area contributed by atoms with E-state index in [1.165, 1.54) is 10.7 Å². The van der Waals surface area contributed by atoms with Crippen molar-refractivity contribution in [3.8, 4) is 28.8 Å². The molecule has 0 aliphatic rings. The molecule has 0 spiro atoms.